The second kappa shape index (κ2) is 12.3. The van der Waals surface area contributed by atoms with Crippen LogP contribution in [0.25, 0.3) is 21.5 Å². The van der Waals surface area contributed by atoms with E-state index < -0.39 is 6.04 Å². The van der Waals surface area contributed by atoms with Gasteiger partial charge < -0.3 is 25.0 Å². The van der Waals surface area contributed by atoms with E-state index in [2.05, 4.69) is 25.6 Å². The van der Waals surface area contributed by atoms with Crippen molar-refractivity contribution in [3.8, 4) is 10.4 Å². The summed E-state index contributed by atoms with van der Waals surface area (Å²) in [6, 6.07) is 7.74. The Balaban J connectivity index is 1.18. The molecule has 0 bridgehead atoms. The zero-order valence-corrected chi connectivity index (χ0v) is 23.2. The van der Waals surface area contributed by atoms with Gasteiger partial charge in [-0.25, -0.2) is 19.3 Å². The fourth-order valence-corrected chi connectivity index (χ4v) is 5.41. The molecule has 5 rings (SSSR count). The van der Waals surface area contributed by atoms with Crippen molar-refractivity contribution in [2.45, 2.75) is 25.4 Å². The molecule has 0 spiro atoms. The Morgan fingerprint density at radius 2 is 2.00 bits per heavy atom. The van der Waals surface area contributed by atoms with Crippen LogP contribution >= 0.6 is 11.3 Å². The molecule has 0 aliphatic carbocycles. The standard InChI is InChI=1S/C28H31FN8O2S/c1-35(2)12-4-6-26(38)37-13-3-5-22(37)27(39)30-11-14-36-18-33-21-16-31-25(15-23(21)36)34-28-32-17-24(40-28)19-7-9-20(29)10-8-19/h4,6-10,15-18,22H,3,5,11-14H2,1-2H3,(H,30,39)(H,31,32,34)/b6-4+/t22-/m0/s1. The molecule has 3 aromatic heterocycles. The van der Waals surface area contributed by atoms with Crippen LogP contribution in [-0.2, 0) is 16.1 Å². The van der Waals surface area contributed by atoms with Gasteiger partial charge in [-0.05, 0) is 44.6 Å². The number of carbonyl (C=O) groups is 2. The van der Waals surface area contributed by atoms with Gasteiger partial charge in [0.25, 0.3) is 0 Å². The van der Waals surface area contributed by atoms with Crippen molar-refractivity contribution in [1.29, 1.82) is 0 Å². The molecular weight excluding hydrogens is 531 g/mol. The molecule has 40 heavy (non-hydrogen) atoms. The van der Waals surface area contributed by atoms with E-state index in [9.17, 15) is 14.0 Å². The number of hydrogen-bond acceptors (Lipinski definition) is 8. The Bertz CT molecular complexity index is 1510. The van der Waals surface area contributed by atoms with Gasteiger partial charge in [0.2, 0.25) is 11.8 Å². The highest BCUT2D eigenvalue weighted by Crippen LogP contribution is 2.31. The van der Waals surface area contributed by atoms with Crippen molar-refractivity contribution in [3.63, 3.8) is 0 Å². The lowest BCUT2D eigenvalue weighted by molar-refractivity contribution is -0.135. The minimum absolute atomic E-state index is 0.127. The van der Waals surface area contributed by atoms with Gasteiger partial charge in [-0.2, -0.15) is 0 Å². The van der Waals surface area contributed by atoms with E-state index in [0.29, 0.717) is 43.5 Å². The third-order valence-corrected chi connectivity index (χ3v) is 7.56. The quantitative estimate of drug-likeness (QED) is 0.284. The minimum atomic E-state index is -0.450. The Morgan fingerprint density at radius 3 is 2.80 bits per heavy atom. The summed E-state index contributed by atoms with van der Waals surface area (Å²) in [6.07, 6.45) is 9.99. The molecule has 1 aromatic carbocycles. The third kappa shape index (κ3) is 6.52. The largest absolute Gasteiger partial charge is 0.353 e. The summed E-state index contributed by atoms with van der Waals surface area (Å²) in [7, 11) is 3.87. The molecule has 2 amide bonds. The molecule has 208 valence electrons. The first-order valence-electron chi connectivity index (χ1n) is 13.1. The fourth-order valence-electron chi connectivity index (χ4n) is 4.58. The van der Waals surface area contributed by atoms with Crippen molar-refractivity contribution in [2.75, 3.05) is 39.0 Å². The van der Waals surface area contributed by atoms with E-state index in [1.165, 1.54) is 23.5 Å². The number of imidazole rings is 1. The molecule has 1 atom stereocenters. The molecule has 1 aliphatic heterocycles. The molecule has 1 saturated heterocycles. The van der Waals surface area contributed by atoms with E-state index in [4.69, 9.17) is 0 Å². The predicted molar refractivity (Wildman–Crippen MR) is 154 cm³/mol. The summed E-state index contributed by atoms with van der Waals surface area (Å²) in [5.41, 5.74) is 2.49. The molecule has 12 heteroatoms. The van der Waals surface area contributed by atoms with E-state index in [1.807, 2.05) is 35.7 Å². The second-order valence-electron chi connectivity index (χ2n) is 9.80. The molecule has 4 heterocycles. The van der Waals surface area contributed by atoms with Gasteiger partial charge in [0.05, 0.1) is 22.9 Å². The summed E-state index contributed by atoms with van der Waals surface area (Å²) in [5, 5.41) is 6.88. The lowest BCUT2D eigenvalue weighted by Gasteiger charge is -2.22. The van der Waals surface area contributed by atoms with E-state index in [1.54, 1.807) is 41.8 Å². The number of rotatable bonds is 10. The molecule has 0 radical (unpaired) electrons. The number of pyridine rings is 1. The van der Waals surface area contributed by atoms with Crippen LogP contribution in [0, 0.1) is 5.82 Å². The number of nitrogens with one attached hydrogen (secondary N) is 2. The number of likely N-dealkylation sites (N-methyl/N-ethyl adjacent to an activating group) is 1. The van der Waals surface area contributed by atoms with Gasteiger partial charge in [0.15, 0.2) is 5.13 Å². The summed E-state index contributed by atoms with van der Waals surface area (Å²) in [6.45, 7) is 2.17. The zero-order chi connectivity index (χ0) is 28.1. The summed E-state index contributed by atoms with van der Waals surface area (Å²) >= 11 is 1.45. The number of amides is 2. The topological polar surface area (TPSA) is 108 Å². The summed E-state index contributed by atoms with van der Waals surface area (Å²) < 4.78 is 15.2. The highest BCUT2D eigenvalue weighted by Gasteiger charge is 2.32. The van der Waals surface area contributed by atoms with Crippen LogP contribution in [0.5, 0.6) is 0 Å². The normalized spacial score (nSPS) is 15.4. The average Bonchev–Trinajstić information content (AvgIpc) is 3.69. The van der Waals surface area contributed by atoms with Gasteiger partial charge in [0, 0.05) is 44.5 Å². The van der Waals surface area contributed by atoms with Gasteiger partial charge in [-0.1, -0.05) is 29.5 Å². The van der Waals surface area contributed by atoms with Crippen molar-refractivity contribution < 1.29 is 14.0 Å². The maximum absolute atomic E-state index is 13.2. The van der Waals surface area contributed by atoms with Crippen LogP contribution < -0.4 is 10.6 Å². The first kappa shape index (κ1) is 27.4. The monoisotopic (exact) mass is 562 g/mol. The number of nitrogens with zero attached hydrogens (tertiary/aromatic N) is 6. The van der Waals surface area contributed by atoms with Crippen LogP contribution in [0.2, 0.25) is 0 Å². The Kier molecular flexibility index (Phi) is 8.46. The number of carbonyl (C=O) groups excluding carboxylic acids is 2. The maximum Gasteiger partial charge on any atom is 0.246 e. The fraction of sp³-hybridized carbons (Fsp3) is 0.321. The number of aromatic nitrogens is 4. The molecule has 0 saturated carbocycles. The number of benzene rings is 1. The minimum Gasteiger partial charge on any atom is -0.353 e. The van der Waals surface area contributed by atoms with Gasteiger partial charge >= 0.3 is 0 Å². The van der Waals surface area contributed by atoms with Crippen LogP contribution in [0.15, 0.2) is 61.2 Å². The van der Waals surface area contributed by atoms with E-state index >= 15 is 0 Å². The first-order chi connectivity index (χ1) is 19.4. The SMILES string of the molecule is CN(C)C/C=C/C(=O)N1CCC[C@H]1C(=O)NCCn1cnc2cnc(Nc3ncc(-c4ccc(F)cc4)s3)cc21. The average molecular weight is 563 g/mol. The van der Waals surface area contributed by atoms with Gasteiger partial charge in [0.1, 0.15) is 23.2 Å². The molecule has 1 fully saturated rings. The Hall–Kier alpha value is -4.16. The van der Waals surface area contributed by atoms with Gasteiger partial charge in [-0.3, -0.25) is 9.59 Å². The summed E-state index contributed by atoms with van der Waals surface area (Å²) in [4.78, 5) is 43.3. The van der Waals surface area contributed by atoms with Crippen molar-refractivity contribution >= 4 is 45.1 Å². The number of thiazole rings is 1. The number of hydrogen-bond donors (Lipinski definition) is 2. The molecule has 0 unspecified atom stereocenters. The summed E-state index contributed by atoms with van der Waals surface area (Å²) in [5.74, 6) is 0.0684. The number of anilines is 2. The molecule has 1 aliphatic rings. The van der Waals surface area contributed by atoms with Crippen molar-refractivity contribution in [1.82, 2.24) is 34.6 Å². The molecule has 2 N–H and O–H groups in total. The highest BCUT2D eigenvalue weighted by molar-refractivity contribution is 7.18. The van der Waals surface area contributed by atoms with E-state index in [0.717, 1.165) is 27.9 Å². The maximum atomic E-state index is 13.2. The molecular formula is C28H31FN8O2S. The lowest BCUT2D eigenvalue weighted by Crippen LogP contribution is -2.46. The number of halogens is 1. The Morgan fingerprint density at radius 1 is 1.18 bits per heavy atom. The van der Waals surface area contributed by atoms with Crippen LogP contribution in [0.4, 0.5) is 15.3 Å². The number of likely N-dealkylation sites (tertiary alicyclic amines) is 1. The Labute approximate surface area is 235 Å². The van der Waals surface area contributed by atoms with Gasteiger partial charge in [-0.15, -0.1) is 0 Å². The van der Waals surface area contributed by atoms with Crippen LogP contribution in [0.1, 0.15) is 12.8 Å². The zero-order valence-electron chi connectivity index (χ0n) is 22.4. The number of fused-ring (bicyclic) bond motifs is 1. The predicted octanol–water partition coefficient (Wildman–Crippen LogP) is 3.66. The van der Waals surface area contributed by atoms with Crippen LogP contribution in [0.3, 0.4) is 0 Å². The smallest absolute Gasteiger partial charge is 0.246 e. The highest BCUT2D eigenvalue weighted by atomic mass is 32.1. The molecule has 4 aromatic rings. The van der Waals surface area contributed by atoms with E-state index in [-0.39, 0.29) is 17.6 Å². The second-order valence-corrected chi connectivity index (χ2v) is 10.8. The first-order valence-corrected chi connectivity index (χ1v) is 13.9. The lowest BCUT2D eigenvalue weighted by atomic mass is 10.2. The third-order valence-electron chi connectivity index (χ3n) is 6.60. The van der Waals surface area contributed by atoms with Crippen molar-refractivity contribution in [2.24, 2.45) is 0 Å². The molecule has 10 nitrogen and oxygen atoms in total. The van der Waals surface area contributed by atoms with Crippen LogP contribution in [-0.4, -0.2) is 80.9 Å². The van der Waals surface area contributed by atoms with Crippen molar-refractivity contribution in [3.05, 3.63) is 67.0 Å².